The number of anilines is 1. The lowest BCUT2D eigenvalue weighted by Crippen LogP contribution is -2.51. The van der Waals surface area contributed by atoms with Gasteiger partial charge in [-0.15, -0.1) is 0 Å². The third-order valence-electron chi connectivity index (χ3n) is 5.38. The van der Waals surface area contributed by atoms with Crippen LogP contribution in [0.3, 0.4) is 0 Å². The molecule has 1 aliphatic heterocycles. The number of amides is 3. The summed E-state index contributed by atoms with van der Waals surface area (Å²) in [6, 6.07) is 10.3. The zero-order valence-corrected chi connectivity index (χ0v) is 18.8. The Morgan fingerprint density at radius 2 is 1.64 bits per heavy atom. The van der Waals surface area contributed by atoms with Crippen molar-refractivity contribution in [2.75, 3.05) is 45.2 Å². The van der Waals surface area contributed by atoms with Gasteiger partial charge < -0.3 is 24.6 Å². The van der Waals surface area contributed by atoms with Crippen LogP contribution in [0.15, 0.2) is 42.5 Å². The van der Waals surface area contributed by atoms with Gasteiger partial charge in [0.25, 0.3) is 0 Å². The lowest BCUT2D eigenvalue weighted by atomic mass is 10.1. The molecule has 0 aliphatic carbocycles. The molecule has 0 saturated carbocycles. The molecule has 0 atom stereocenters. The summed E-state index contributed by atoms with van der Waals surface area (Å²) in [5, 5.41) is 2.73. The van der Waals surface area contributed by atoms with E-state index in [1.54, 1.807) is 28.0 Å². The van der Waals surface area contributed by atoms with Crippen LogP contribution in [0, 0.1) is 5.82 Å². The van der Waals surface area contributed by atoms with Gasteiger partial charge in [0.2, 0.25) is 5.91 Å². The van der Waals surface area contributed by atoms with E-state index in [0.29, 0.717) is 68.4 Å². The van der Waals surface area contributed by atoms with Crippen molar-refractivity contribution in [1.29, 1.82) is 0 Å². The van der Waals surface area contributed by atoms with Crippen LogP contribution in [0.5, 0.6) is 11.5 Å². The van der Waals surface area contributed by atoms with Gasteiger partial charge in [-0.1, -0.05) is 0 Å². The lowest BCUT2D eigenvalue weighted by molar-refractivity contribution is -0.132. The summed E-state index contributed by atoms with van der Waals surface area (Å²) in [6.45, 7) is 3.58. The Bertz CT molecular complexity index is 988. The van der Waals surface area contributed by atoms with Gasteiger partial charge in [-0.3, -0.25) is 9.59 Å². The molecule has 1 saturated heterocycles. The van der Waals surface area contributed by atoms with Crippen molar-refractivity contribution in [3.8, 4) is 11.5 Å². The topological polar surface area (TPSA) is 88.2 Å². The molecule has 3 rings (SSSR count). The van der Waals surface area contributed by atoms with Gasteiger partial charge in [0, 0.05) is 43.9 Å². The van der Waals surface area contributed by atoms with E-state index in [0.717, 1.165) is 0 Å². The number of nitrogens with one attached hydrogen (secondary N) is 1. The van der Waals surface area contributed by atoms with Crippen LogP contribution in [-0.4, -0.2) is 67.4 Å². The van der Waals surface area contributed by atoms with E-state index in [-0.39, 0.29) is 23.5 Å². The molecule has 9 heteroatoms. The number of methoxy groups -OCH3 is 1. The summed E-state index contributed by atoms with van der Waals surface area (Å²) >= 11 is 0. The van der Waals surface area contributed by atoms with Crippen molar-refractivity contribution in [2.45, 2.75) is 19.8 Å². The minimum atomic E-state index is -0.365. The number of nitrogens with zero attached hydrogens (tertiary/aromatic N) is 2. The van der Waals surface area contributed by atoms with E-state index in [2.05, 4.69) is 5.32 Å². The molecule has 0 aromatic heterocycles. The monoisotopic (exact) mass is 457 g/mol. The molecule has 0 bridgehead atoms. The average Bonchev–Trinajstić information content (AvgIpc) is 2.83. The third-order valence-corrected chi connectivity index (χ3v) is 5.38. The van der Waals surface area contributed by atoms with Crippen molar-refractivity contribution in [1.82, 2.24) is 9.80 Å². The number of carbonyl (C=O) groups is 3. The first kappa shape index (κ1) is 24.0. The first-order valence-electron chi connectivity index (χ1n) is 10.8. The Morgan fingerprint density at radius 3 is 2.27 bits per heavy atom. The highest BCUT2D eigenvalue weighted by atomic mass is 19.1. The molecule has 0 unspecified atom stereocenters. The van der Waals surface area contributed by atoms with Gasteiger partial charge in [0.15, 0.2) is 17.3 Å². The largest absolute Gasteiger partial charge is 0.493 e. The second-order valence-corrected chi connectivity index (χ2v) is 7.68. The van der Waals surface area contributed by atoms with Crippen LogP contribution in [0.1, 0.15) is 30.1 Å². The lowest BCUT2D eigenvalue weighted by Gasteiger charge is -2.34. The summed E-state index contributed by atoms with van der Waals surface area (Å²) in [6.07, 6.45) is 0.858. The second kappa shape index (κ2) is 11.3. The van der Waals surface area contributed by atoms with E-state index in [4.69, 9.17) is 9.47 Å². The molecule has 3 amide bonds. The van der Waals surface area contributed by atoms with Crippen LogP contribution in [0.25, 0.3) is 0 Å². The van der Waals surface area contributed by atoms with E-state index in [9.17, 15) is 18.8 Å². The molecule has 0 spiro atoms. The summed E-state index contributed by atoms with van der Waals surface area (Å²) in [4.78, 5) is 39.7. The number of urea groups is 1. The Morgan fingerprint density at radius 1 is 0.970 bits per heavy atom. The van der Waals surface area contributed by atoms with Crippen LogP contribution in [0.4, 0.5) is 14.9 Å². The molecule has 176 valence electrons. The summed E-state index contributed by atoms with van der Waals surface area (Å²) < 4.78 is 24.0. The summed E-state index contributed by atoms with van der Waals surface area (Å²) in [5.74, 6) is 0.588. The summed E-state index contributed by atoms with van der Waals surface area (Å²) in [7, 11) is 1.51. The van der Waals surface area contributed by atoms with Gasteiger partial charge in [-0.2, -0.15) is 0 Å². The number of benzene rings is 2. The molecular weight excluding hydrogens is 429 g/mol. The van der Waals surface area contributed by atoms with Gasteiger partial charge in [-0.05, 0) is 55.8 Å². The van der Waals surface area contributed by atoms with Crippen molar-refractivity contribution in [2.24, 2.45) is 0 Å². The second-order valence-electron chi connectivity index (χ2n) is 7.68. The first-order valence-corrected chi connectivity index (χ1v) is 10.8. The number of piperazine rings is 1. The highest BCUT2D eigenvalue weighted by Crippen LogP contribution is 2.28. The average molecular weight is 458 g/mol. The number of halogens is 1. The minimum absolute atomic E-state index is 0.0103. The standard InChI is InChI=1S/C24H28FN3O5/c1-17(29)18-5-10-21(22(16-18)32-2)33-15-3-4-23(30)27-11-13-28(14-12-27)24(31)26-20-8-6-19(25)7-9-20/h5-10,16H,3-4,11-15H2,1-2H3,(H,26,31). The van der Waals surface area contributed by atoms with Crippen LogP contribution < -0.4 is 14.8 Å². The molecule has 1 fully saturated rings. The number of Topliss-reactive ketones (excluding diaryl/α,β-unsaturated/α-hetero) is 1. The number of ketones is 1. The van der Waals surface area contributed by atoms with Crippen LogP contribution in [0.2, 0.25) is 0 Å². The molecule has 8 nitrogen and oxygen atoms in total. The fourth-order valence-electron chi connectivity index (χ4n) is 3.46. The zero-order valence-electron chi connectivity index (χ0n) is 18.8. The number of hydrogen-bond donors (Lipinski definition) is 1. The Kier molecular flexibility index (Phi) is 8.23. The molecule has 0 radical (unpaired) electrons. The van der Waals surface area contributed by atoms with E-state index in [1.165, 1.54) is 38.3 Å². The number of rotatable bonds is 8. The maximum Gasteiger partial charge on any atom is 0.321 e. The molecule has 2 aromatic rings. The molecular formula is C24H28FN3O5. The predicted octanol–water partition coefficient (Wildman–Crippen LogP) is 3.57. The smallest absolute Gasteiger partial charge is 0.321 e. The highest BCUT2D eigenvalue weighted by molar-refractivity contribution is 5.94. The van der Waals surface area contributed by atoms with E-state index >= 15 is 0 Å². The molecule has 1 heterocycles. The first-order chi connectivity index (χ1) is 15.9. The number of carbonyl (C=O) groups excluding carboxylic acids is 3. The Hall–Kier alpha value is -3.62. The van der Waals surface area contributed by atoms with Gasteiger partial charge >= 0.3 is 6.03 Å². The van der Waals surface area contributed by atoms with Crippen LogP contribution >= 0.6 is 0 Å². The predicted molar refractivity (Wildman–Crippen MR) is 121 cm³/mol. The Balaban J connectivity index is 1.38. The molecule has 1 N–H and O–H groups in total. The minimum Gasteiger partial charge on any atom is -0.493 e. The Labute approximate surface area is 192 Å². The maximum atomic E-state index is 13.0. The summed E-state index contributed by atoms with van der Waals surface area (Å²) in [5.41, 5.74) is 1.06. The normalized spacial score (nSPS) is 13.4. The highest BCUT2D eigenvalue weighted by Gasteiger charge is 2.24. The zero-order chi connectivity index (χ0) is 23.8. The van der Waals surface area contributed by atoms with Gasteiger partial charge in [-0.25, -0.2) is 9.18 Å². The van der Waals surface area contributed by atoms with Crippen LogP contribution in [-0.2, 0) is 4.79 Å². The maximum absolute atomic E-state index is 13.0. The number of ether oxygens (including phenoxy) is 2. The quantitative estimate of drug-likeness (QED) is 0.484. The molecule has 2 aromatic carbocycles. The SMILES string of the molecule is COc1cc(C(C)=O)ccc1OCCCC(=O)N1CCN(C(=O)Nc2ccc(F)cc2)CC1. The van der Waals surface area contributed by atoms with E-state index < -0.39 is 0 Å². The van der Waals surface area contributed by atoms with E-state index in [1.807, 2.05) is 0 Å². The van der Waals surface area contributed by atoms with Gasteiger partial charge in [0.05, 0.1) is 13.7 Å². The fourth-order valence-corrected chi connectivity index (χ4v) is 3.46. The third kappa shape index (κ3) is 6.68. The molecule has 33 heavy (non-hydrogen) atoms. The van der Waals surface area contributed by atoms with Crippen molar-refractivity contribution >= 4 is 23.4 Å². The van der Waals surface area contributed by atoms with Crippen molar-refractivity contribution in [3.63, 3.8) is 0 Å². The number of hydrogen-bond acceptors (Lipinski definition) is 5. The van der Waals surface area contributed by atoms with Crippen molar-refractivity contribution in [3.05, 3.63) is 53.8 Å². The van der Waals surface area contributed by atoms with Crippen molar-refractivity contribution < 1.29 is 28.2 Å². The van der Waals surface area contributed by atoms with Gasteiger partial charge in [0.1, 0.15) is 5.82 Å². The molecule has 1 aliphatic rings. The fraction of sp³-hybridized carbons (Fsp3) is 0.375.